The van der Waals surface area contributed by atoms with E-state index in [-0.39, 0.29) is 0 Å². The smallest absolute Gasteiger partial charge is 0.402 e. The van der Waals surface area contributed by atoms with Gasteiger partial charge < -0.3 is 4.74 Å². The van der Waals surface area contributed by atoms with E-state index in [1.165, 1.54) is 0 Å². The van der Waals surface area contributed by atoms with Crippen LogP contribution in [0, 0.1) is 0 Å². The van der Waals surface area contributed by atoms with Crippen LogP contribution in [0.15, 0.2) is 36.4 Å². The van der Waals surface area contributed by atoms with Crippen molar-refractivity contribution in [3.63, 3.8) is 0 Å². The van der Waals surface area contributed by atoms with Gasteiger partial charge in [-0.3, -0.25) is 0 Å². The van der Waals surface area contributed by atoms with Crippen molar-refractivity contribution in [3.05, 3.63) is 36.4 Å². The van der Waals surface area contributed by atoms with Crippen molar-refractivity contribution in [2.45, 2.75) is 3.98 Å². The predicted molar refractivity (Wildman–Crippen MR) is 59.1 cm³/mol. The number of hydrogen-bond acceptors (Lipinski definition) is 2. The maximum Gasteiger partial charge on any atom is 0.407 e. The van der Waals surface area contributed by atoms with Crippen molar-refractivity contribution in [1.82, 2.24) is 0 Å². The monoisotopic (exact) mass is 274 g/mol. The summed E-state index contributed by atoms with van der Waals surface area (Å²) in [5.41, 5.74) is -1.15. The van der Waals surface area contributed by atoms with Gasteiger partial charge in [0.1, 0.15) is 0 Å². The molecule has 0 atom stereocenters. The van der Waals surface area contributed by atoms with Gasteiger partial charge in [0.2, 0.25) is 0 Å². The molecule has 1 aromatic carbocycles. The summed E-state index contributed by atoms with van der Waals surface area (Å²) in [7, 11) is 0. The second kappa shape index (κ2) is 7.18. The van der Waals surface area contributed by atoms with Crippen LogP contribution in [0.25, 0.3) is 0 Å². The summed E-state index contributed by atoms with van der Waals surface area (Å²) in [5, 5.41) is 0. The Bertz CT molecular complexity index is 231. The first-order valence-electron chi connectivity index (χ1n) is 3.37. The molecule has 0 saturated carbocycles. The Morgan fingerprint density at radius 3 is 1.29 bits per heavy atom. The van der Waals surface area contributed by atoms with Gasteiger partial charge in [-0.05, 0) is 34.8 Å². The van der Waals surface area contributed by atoms with Gasteiger partial charge in [-0.25, -0.2) is 4.79 Å². The molecule has 6 heteroatoms. The number of rotatable bonds is 0. The van der Waals surface area contributed by atoms with Crippen LogP contribution in [0.2, 0.25) is 0 Å². The summed E-state index contributed by atoms with van der Waals surface area (Å²) in [5.74, 6) is 0. The third-order valence-corrected chi connectivity index (χ3v) is 1.17. The van der Waals surface area contributed by atoms with Crippen LogP contribution in [-0.2, 0) is 4.74 Å². The molecule has 0 saturated heterocycles. The number of carbonyl (C=O) groups excluding carboxylic acids is 1. The van der Waals surface area contributed by atoms with E-state index in [1.54, 1.807) is 0 Å². The van der Waals surface area contributed by atoms with Crippen LogP contribution >= 0.6 is 46.4 Å². The molecule has 1 aromatic rings. The van der Waals surface area contributed by atoms with Crippen molar-refractivity contribution >= 4 is 51.8 Å². The normalized spacial score (nSPS) is 9.71. The molecule has 2 nitrogen and oxygen atoms in total. The fraction of sp³-hybridized carbons (Fsp3) is 0.125. The van der Waals surface area contributed by atoms with Gasteiger partial charge in [0.15, 0.2) is 0 Å². The zero-order valence-electron chi connectivity index (χ0n) is 6.79. The first kappa shape index (κ1) is 13.8. The third kappa shape index (κ3) is 11.8. The van der Waals surface area contributed by atoms with Crippen molar-refractivity contribution in [1.29, 1.82) is 0 Å². The van der Waals surface area contributed by atoms with Crippen LogP contribution in [-0.4, -0.2) is 9.41 Å². The summed E-state index contributed by atoms with van der Waals surface area (Å²) in [6.07, 6.45) is 0. The Labute approximate surface area is 102 Å². The average molecular weight is 276 g/mol. The number of hydrogen-bond donors (Lipinski definition) is 0. The summed E-state index contributed by atoms with van der Waals surface area (Å²) < 4.78 is 1.82. The highest BCUT2D eigenvalue weighted by atomic mass is 35.6. The van der Waals surface area contributed by atoms with E-state index in [4.69, 9.17) is 34.8 Å². The van der Waals surface area contributed by atoms with Gasteiger partial charge >= 0.3 is 9.41 Å². The van der Waals surface area contributed by atoms with Crippen molar-refractivity contribution in [2.24, 2.45) is 0 Å². The molecular formula is C8H6Cl4O2. The molecule has 14 heavy (non-hydrogen) atoms. The fourth-order valence-corrected chi connectivity index (χ4v) is 0.920. The average Bonchev–Trinajstić information content (AvgIpc) is 2.03. The van der Waals surface area contributed by atoms with Gasteiger partial charge in [-0.15, -0.1) is 0 Å². The molecule has 0 amide bonds. The Hall–Kier alpha value is -0.150. The minimum absolute atomic E-state index is 1.15. The first-order valence-corrected chi connectivity index (χ1v) is 4.88. The number of benzene rings is 1. The lowest BCUT2D eigenvalue weighted by molar-refractivity contribution is 0.172. The van der Waals surface area contributed by atoms with Crippen molar-refractivity contribution in [3.8, 4) is 0 Å². The maximum atomic E-state index is 9.75. The van der Waals surface area contributed by atoms with E-state index in [0.717, 1.165) is 0 Å². The Morgan fingerprint density at radius 1 is 0.929 bits per heavy atom. The Kier molecular flexibility index (Phi) is 7.11. The number of halogens is 4. The molecule has 0 N–H and O–H groups in total. The number of alkyl halides is 3. The van der Waals surface area contributed by atoms with E-state index >= 15 is 0 Å². The summed E-state index contributed by atoms with van der Waals surface area (Å²) in [6.45, 7) is 0. The molecule has 0 unspecified atom stereocenters. The first-order chi connectivity index (χ1) is 6.42. The lowest BCUT2D eigenvalue weighted by atomic mass is 10.4. The quantitative estimate of drug-likeness (QED) is 0.519. The van der Waals surface area contributed by atoms with E-state index in [9.17, 15) is 4.79 Å². The van der Waals surface area contributed by atoms with Crippen molar-refractivity contribution in [2.75, 3.05) is 0 Å². The van der Waals surface area contributed by atoms with E-state index in [2.05, 4.69) is 16.3 Å². The van der Waals surface area contributed by atoms with Gasteiger partial charge in [0, 0.05) is 11.6 Å². The molecule has 0 fully saturated rings. The molecule has 1 rings (SSSR count). The Morgan fingerprint density at radius 2 is 1.21 bits per heavy atom. The van der Waals surface area contributed by atoms with Gasteiger partial charge in [-0.1, -0.05) is 36.4 Å². The largest absolute Gasteiger partial charge is 0.407 e. The predicted octanol–water partition coefficient (Wildman–Crippen LogP) is 4.38. The van der Waals surface area contributed by atoms with Gasteiger partial charge in [0.05, 0.1) is 0 Å². The van der Waals surface area contributed by atoms with Crippen LogP contribution in [0.4, 0.5) is 4.79 Å². The summed E-state index contributed by atoms with van der Waals surface area (Å²) in [4.78, 5) is 9.75. The maximum absolute atomic E-state index is 9.75. The minimum atomic E-state index is -2.04. The lowest BCUT2D eigenvalue weighted by Gasteiger charge is -2.06. The summed E-state index contributed by atoms with van der Waals surface area (Å²) >= 11 is 19.4. The molecular weight excluding hydrogens is 270 g/mol. The van der Waals surface area contributed by atoms with Crippen LogP contribution < -0.4 is 0 Å². The van der Waals surface area contributed by atoms with E-state index in [0.29, 0.717) is 0 Å². The third-order valence-electron chi connectivity index (χ3n) is 0.863. The highest BCUT2D eigenvalue weighted by molar-refractivity contribution is 6.69. The van der Waals surface area contributed by atoms with Crippen LogP contribution in [0.1, 0.15) is 0 Å². The SMILES string of the molecule is O=C(Cl)OC(Cl)(Cl)Cl.c1ccccc1. The van der Waals surface area contributed by atoms with Crippen molar-refractivity contribution < 1.29 is 9.53 Å². The van der Waals surface area contributed by atoms with Crippen LogP contribution in [0.3, 0.4) is 0 Å². The molecule has 0 aromatic heterocycles. The van der Waals surface area contributed by atoms with Crippen LogP contribution in [0.5, 0.6) is 0 Å². The standard InChI is InChI=1S/C6H6.C2Cl4O2/c1-2-4-6-5-3-1;3-1(7)8-2(4,5)6/h1-6H;. The molecule has 0 aliphatic carbocycles. The second-order valence-electron chi connectivity index (χ2n) is 1.94. The van der Waals surface area contributed by atoms with E-state index in [1.807, 2.05) is 36.4 Å². The lowest BCUT2D eigenvalue weighted by Crippen LogP contribution is -2.09. The highest BCUT2D eigenvalue weighted by Gasteiger charge is 2.23. The Balaban J connectivity index is 0.000000249. The highest BCUT2D eigenvalue weighted by Crippen LogP contribution is 2.27. The minimum Gasteiger partial charge on any atom is -0.402 e. The zero-order chi connectivity index (χ0) is 11.0. The topological polar surface area (TPSA) is 26.3 Å². The fourth-order valence-electron chi connectivity index (χ4n) is 0.476. The molecule has 0 aliphatic rings. The molecule has 0 aliphatic heterocycles. The number of ether oxygens (including phenoxy) is 1. The molecule has 0 heterocycles. The molecule has 0 bridgehead atoms. The second-order valence-corrected chi connectivity index (χ2v) is 4.43. The number of carbonyl (C=O) groups is 1. The molecule has 0 spiro atoms. The zero-order valence-corrected chi connectivity index (χ0v) is 9.82. The van der Waals surface area contributed by atoms with Gasteiger partial charge in [-0.2, -0.15) is 0 Å². The van der Waals surface area contributed by atoms with Gasteiger partial charge in [0.25, 0.3) is 0 Å². The molecule has 78 valence electrons. The molecule has 0 radical (unpaired) electrons. The van der Waals surface area contributed by atoms with E-state index < -0.39 is 9.41 Å². The summed E-state index contributed by atoms with van der Waals surface area (Å²) in [6, 6.07) is 12.0.